The molecule has 186 valence electrons. The van der Waals surface area contributed by atoms with Crippen LogP contribution in [0.25, 0.3) is 5.69 Å². The number of hydrogen-bond acceptors (Lipinski definition) is 6. The third-order valence-corrected chi connectivity index (χ3v) is 6.56. The van der Waals surface area contributed by atoms with Gasteiger partial charge in [0.25, 0.3) is 0 Å². The van der Waals surface area contributed by atoms with Crippen molar-refractivity contribution in [3.63, 3.8) is 0 Å². The largest absolute Gasteiger partial charge is 0.486 e. The molecule has 8 heteroatoms. The molecule has 5 rings (SSSR count). The summed E-state index contributed by atoms with van der Waals surface area (Å²) in [5.74, 6) is 0.649. The zero-order chi connectivity index (χ0) is 25.2. The molecule has 2 aliphatic heterocycles. The Bertz CT molecular complexity index is 1340. The lowest BCUT2D eigenvalue weighted by Crippen LogP contribution is -2.24. The zero-order valence-corrected chi connectivity index (χ0v) is 20.4. The molecule has 0 N–H and O–H groups in total. The van der Waals surface area contributed by atoms with E-state index in [9.17, 15) is 14.4 Å². The van der Waals surface area contributed by atoms with E-state index in [-0.39, 0.29) is 18.3 Å². The first-order valence-corrected chi connectivity index (χ1v) is 12.1. The van der Waals surface area contributed by atoms with Crippen molar-refractivity contribution >= 4 is 17.7 Å². The highest BCUT2D eigenvalue weighted by Gasteiger charge is 2.22. The van der Waals surface area contributed by atoms with Crippen LogP contribution in [0.3, 0.4) is 0 Å². The first kappa shape index (κ1) is 23.7. The molecule has 1 saturated heterocycles. The predicted molar refractivity (Wildman–Crippen MR) is 132 cm³/mol. The van der Waals surface area contributed by atoms with Crippen molar-refractivity contribution in [1.82, 2.24) is 9.47 Å². The Morgan fingerprint density at radius 1 is 1.00 bits per heavy atom. The summed E-state index contributed by atoms with van der Waals surface area (Å²) < 4.78 is 18.6. The number of carbonyl (C=O) groups is 3. The monoisotopic (exact) mass is 488 g/mol. The van der Waals surface area contributed by atoms with Gasteiger partial charge in [0, 0.05) is 48.2 Å². The van der Waals surface area contributed by atoms with Crippen molar-refractivity contribution in [1.29, 1.82) is 0 Å². The van der Waals surface area contributed by atoms with Crippen molar-refractivity contribution < 1.29 is 28.6 Å². The van der Waals surface area contributed by atoms with Crippen LogP contribution >= 0.6 is 0 Å². The molecule has 1 aromatic heterocycles. The molecule has 0 radical (unpaired) electrons. The molecule has 0 unspecified atom stereocenters. The van der Waals surface area contributed by atoms with Gasteiger partial charge in [0.2, 0.25) is 11.7 Å². The van der Waals surface area contributed by atoms with Crippen LogP contribution in [0.5, 0.6) is 11.5 Å². The SMILES string of the molecule is Cc1cc(C(=O)COC(=O)c2cccc(CN3CCCC3=O)c2)c(C)n1-c1ccc2c(c1)OCCO2. The van der Waals surface area contributed by atoms with E-state index in [0.29, 0.717) is 48.8 Å². The van der Waals surface area contributed by atoms with E-state index in [0.717, 1.165) is 35.6 Å². The van der Waals surface area contributed by atoms with Crippen molar-refractivity contribution in [2.45, 2.75) is 33.2 Å². The average molecular weight is 489 g/mol. The molecule has 8 nitrogen and oxygen atoms in total. The van der Waals surface area contributed by atoms with Gasteiger partial charge in [-0.3, -0.25) is 9.59 Å². The van der Waals surface area contributed by atoms with Gasteiger partial charge in [0.15, 0.2) is 18.1 Å². The summed E-state index contributed by atoms with van der Waals surface area (Å²) in [6, 6.07) is 14.5. The number of nitrogens with zero attached hydrogens (tertiary/aromatic N) is 2. The normalized spacial score (nSPS) is 14.7. The maximum Gasteiger partial charge on any atom is 0.338 e. The highest BCUT2D eigenvalue weighted by Crippen LogP contribution is 2.33. The van der Waals surface area contributed by atoms with E-state index in [1.54, 1.807) is 29.2 Å². The van der Waals surface area contributed by atoms with Crippen LogP contribution in [0.2, 0.25) is 0 Å². The minimum Gasteiger partial charge on any atom is -0.486 e. The molecule has 2 aromatic carbocycles. The Labute approximate surface area is 209 Å². The van der Waals surface area contributed by atoms with Gasteiger partial charge in [-0.2, -0.15) is 0 Å². The number of benzene rings is 2. The highest BCUT2D eigenvalue weighted by molar-refractivity contribution is 6.00. The second kappa shape index (κ2) is 9.89. The van der Waals surface area contributed by atoms with E-state index in [1.165, 1.54) is 0 Å². The molecular weight excluding hydrogens is 460 g/mol. The van der Waals surface area contributed by atoms with E-state index < -0.39 is 5.97 Å². The van der Waals surface area contributed by atoms with Crippen LogP contribution in [-0.2, 0) is 16.1 Å². The number of Topliss-reactive ketones (excluding diaryl/α,β-unsaturated/α-hetero) is 1. The summed E-state index contributed by atoms with van der Waals surface area (Å²) >= 11 is 0. The third-order valence-electron chi connectivity index (χ3n) is 6.56. The van der Waals surface area contributed by atoms with Gasteiger partial charge in [0.05, 0.1) is 5.56 Å². The lowest BCUT2D eigenvalue weighted by molar-refractivity contribution is -0.128. The highest BCUT2D eigenvalue weighted by atomic mass is 16.6. The van der Waals surface area contributed by atoms with Crippen LogP contribution in [0.1, 0.15) is 50.5 Å². The molecule has 0 spiro atoms. The molecule has 36 heavy (non-hydrogen) atoms. The number of carbonyl (C=O) groups excluding carboxylic acids is 3. The molecule has 0 bridgehead atoms. The quantitative estimate of drug-likeness (QED) is 0.369. The van der Waals surface area contributed by atoms with Crippen molar-refractivity contribution in [2.75, 3.05) is 26.4 Å². The first-order chi connectivity index (χ1) is 17.4. The molecule has 2 aliphatic rings. The lowest BCUT2D eigenvalue weighted by Gasteiger charge is -2.20. The number of fused-ring (bicyclic) bond motifs is 1. The average Bonchev–Trinajstić information content (AvgIpc) is 3.43. The second-order valence-corrected chi connectivity index (χ2v) is 9.07. The fourth-order valence-corrected chi connectivity index (χ4v) is 4.79. The fraction of sp³-hybridized carbons (Fsp3) is 0.321. The van der Waals surface area contributed by atoms with Crippen LogP contribution in [-0.4, -0.2) is 53.5 Å². The molecule has 1 fully saturated rings. The smallest absolute Gasteiger partial charge is 0.338 e. The minimum absolute atomic E-state index is 0.127. The molecule has 3 aromatic rings. The maximum atomic E-state index is 13.0. The summed E-state index contributed by atoms with van der Waals surface area (Å²) in [6.45, 7) is 5.63. The van der Waals surface area contributed by atoms with Gasteiger partial charge in [-0.1, -0.05) is 12.1 Å². The third kappa shape index (κ3) is 4.71. The number of aryl methyl sites for hydroxylation is 1. The number of amides is 1. The standard InChI is InChI=1S/C28H28N2O6/c1-18-13-23(19(2)30(18)22-8-9-25-26(15-22)35-12-11-34-25)24(31)17-36-28(33)21-6-3-5-20(14-21)16-29-10-4-7-27(29)32/h3,5-6,8-9,13-15H,4,7,10-12,16-17H2,1-2H3. The Balaban J connectivity index is 1.26. The minimum atomic E-state index is -0.571. The van der Waals surface area contributed by atoms with Crippen LogP contribution in [0.4, 0.5) is 0 Å². The van der Waals surface area contributed by atoms with E-state index in [4.69, 9.17) is 14.2 Å². The Hall–Kier alpha value is -4.07. The van der Waals surface area contributed by atoms with Gasteiger partial charge in [0.1, 0.15) is 13.2 Å². The van der Waals surface area contributed by atoms with E-state index >= 15 is 0 Å². The summed E-state index contributed by atoms with van der Waals surface area (Å²) in [4.78, 5) is 39.3. The lowest BCUT2D eigenvalue weighted by atomic mass is 10.1. The zero-order valence-electron chi connectivity index (χ0n) is 20.4. The molecule has 0 aliphatic carbocycles. The summed E-state index contributed by atoms with van der Waals surface area (Å²) in [7, 11) is 0. The summed E-state index contributed by atoms with van der Waals surface area (Å²) in [5.41, 5.74) is 4.20. The van der Waals surface area contributed by atoms with Crippen molar-refractivity contribution in [2.24, 2.45) is 0 Å². The van der Waals surface area contributed by atoms with Crippen LogP contribution in [0, 0.1) is 13.8 Å². The predicted octanol–water partition coefficient (Wildman–Crippen LogP) is 4.03. The van der Waals surface area contributed by atoms with Gasteiger partial charge >= 0.3 is 5.97 Å². The van der Waals surface area contributed by atoms with Crippen molar-refractivity contribution in [3.05, 3.63) is 76.6 Å². The molecule has 0 atom stereocenters. The fourth-order valence-electron chi connectivity index (χ4n) is 4.79. The molecule has 1 amide bonds. The topological polar surface area (TPSA) is 87.1 Å². The molecule has 3 heterocycles. The summed E-state index contributed by atoms with van der Waals surface area (Å²) in [6.07, 6.45) is 1.43. The number of esters is 1. The number of rotatable bonds is 7. The maximum absolute atomic E-state index is 13.0. The molecular formula is C28H28N2O6. The van der Waals surface area contributed by atoms with Crippen LogP contribution in [0.15, 0.2) is 48.5 Å². The number of hydrogen-bond donors (Lipinski definition) is 0. The molecule has 0 saturated carbocycles. The second-order valence-electron chi connectivity index (χ2n) is 9.07. The number of ketones is 1. The Morgan fingerprint density at radius 3 is 2.58 bits per heavy atom. The Morgan fingerprint density at radius 2 is 1.81 bits per heavy atom. The Kier molecular flexibility index (Phi) is 6.50. The van der Waals surface area contributed by atoms with E-state index in [2.05, 4.69) is 0 Å². The van der Waals surface area contributed by atoms with E-state index in [1.807, 2.05) is 42.7 Å². The van der Waals surface area contributed by atoms with Gasteiger partial charge < -0.3 is 23.7 Å². The van der Waals surface area contributed by atoms with Gasteiger partial charge in [-0.25, -0.2) is 4.79 Å². The van der Waals surface area contributed by atoms with Crippen molar-refractivity contribution in [3.8, 4) is 17.2 Å². The number of likely N-dealkylation sites (tertiary alicyclic amines) is 1. The van der Waals surface area contributed by atoms with Gasteiger partial charge in [-0.15, -0.1) is 0 Å². The number of ether oxygens (including phenoxy) is 3. The van der Waals surface area contributed by atoms with Gasteiger partial charge in [-0.05, 0) is 56.2 Å². The first-order valence-electron chi connectivity index (χ1n) is 12.1. The van der Waals surface area contributed by atoms with Crippen LogP contribution < -0.4 is 9.47 Å². The summed E-state index contributed by atoms with van der Waals surface area (Å²) in [5, 5.41) is 0. The number of aromatic nitrogens is 1.